The monoisotopic (exact) mass is 324 g/mol. The normalized spacial score (nSPS) is 27.5. The highest BCUT2D eigenvalue weighted by Gasteiger charge is 2.31. The van der Waals surface area contributed by atoms with Crippen molar-refractivity contribution < 1.29 is 0 Å². The van der Waals surface area contributed by atoms with Gasteiger partial charge >= 0.3 is 0 Å². The second-order valence-electron chi connectivity index (χ2n) is 6.06. The van der Waals surface area contributed by atoms with Gasteiger partial charge in [-0.15, -0.1) is 0 Å². The molecule has 3 rings (SSSR count). The van der Waals surface area contributed by atoms with E-state index in [2.05, 4.69) is 27.8 Å². The molecule has 0 bridgehead atoms. The topological polar surface area (TPSA) is 45.8 Å². The van der Waals surface area contributed by atoms with Gasteiger partial charge in [0.2, 0.25) is 0 Å². The second-order valence-corrected chi connectivity index (χ2v) is 6.86. The van der Waals surface area contributed by atoms with Crippen molar-refractivity contribution in [2.75, 3.05) is 0 Å². The molecule has 2 fully saturated rings. The first-order valence-electron chi connectivity index (χ1n) is 7.48. The molecule has 0 aromatic carbocycles. The van der Waals surface area contributed by atoms with Crippen LogP contribution < -0.4 is 5.56 Å². The summed E-state index contributed by atoms with van der Waals surface area (Å²) in [6, 6.07) is 0. The van der Waals surface area contributed by atoms with E-state index in [4.69, 9.17) is 4.98 Å². The van der Waals surface area contributed by atoms with Crippen molar-refractivity contribution in [1.82, 2.24) is 9.97 Å². The molecule has 2 aliphatic rings. The van der Waals surface area contributed by atoms with Gasteiger partial charge in [-0.05, 0) is 47.5 Å². The molecule has 2 aliphatic carbocycles. The molecule has 1 N–H and O–H groups in total. The van der Waals surface area contributed by atoms with Crippen LogP contribution in [-0.4, -0.2) is 9.97 Å². The molecule has 104 valence electrons. The molecule has 2 saturated carbocycles. The van der Waals surface area contributed by atoms with Crippen molar-refractivity contribution in [2.24, 2.45) is 5.92 Å². The molecule has 4 heteroatoms. The third-order valence-electron chi connectivity index (χ3n) is 4.62. The smallest absolute Gasteiger partial charge is 0.265 e. The number of aromatic amines is 1. The van der Waals surface area contributed by atoms with Crippen molar-refractivity contribution in [3.05, 3.63) is 26.3 Å². The third kappa shape index (κ3) is 2.78. The van der Waals surface area contributed by atoms with Gasteiger partial charge in [0.1, 0.15) is 10.3 Å². The van der Waals surface area contributed by atoms with Crippen LogP contribution in [0.3, 0.4) is 0 Å². The number of nitrogens with one attached hydrogen (secondary N) is 1. The fourth-order valence-corrected chi connectivity index (χ4v) is 3.74. The summed E-state index contributed by atoms with van der Waals surface area (Å²) in [5.74, 6) is 2.71. The predicted molar refractivity (Wildman–Crippen MR) is 79.5 cm³/mol. The molecule has 0 radical (unpaired) electrons. The van der Waals surface area contributed by atoms with E-state index in [0.29, 0.717) is 16.3 Å². The summed E-state index contributed by atoms with van der Waals surface area (Å²) in [4.78, 5) is 19.8. The second kappa shape index (κ2) is 5.39. The SMILES string of the molecule is CCC1CCCC(c2nc(C3CC3)c(Br)c(=O)[nH]2)C1. The van der Waals surface area contributed by atoms with Crippen molar-refractivity contribution in [3.63, 3.8) is 0 Å². The summed E-state index contributed by atoms with van der Waals surface area (Å²) >= 11 is 3.40. The fourth-order valence-electron chi connectivity index (χ4n) is 3.23. The first-order valence-corrected chi connectivity index (χ1v) is 8.28. The van der Waals surface area contributed by atoms with E-state index >= 15 is 0 Å². The highest BCUT2D eigenvalue weighted by atomic mass is 79.9. The molecule has 1 aromatic rings. The van der Waals surface area contributed by atoms with E-state index in [0.717, 1.165) is 17.4 Å². The number of aromatic nitrogens is 2. The quantitative estimate of drug-likeness (QED) is 0.910. The summed E-state index contributed by atoms with van der Waals surface area (Å²) in [5.41, 5.74) is 1.00. The Morgan fingerprint density at radius 2 is 2.05 bits per heavy atom. The Bertz CT molecular complexity index is 521. The Hall–Kier alpha value is -0.640. The van der Waals surface area contributed by atoms with E-state index in [1.165, 1.54) is 44.9 Å². The Balaban J connectivity index is 1.89. The van der Waals surface area contributed by atoms with Crippen LogP contribution in [0.5, 0.6) is 0 Å². The Morgan fingerprint density at radius 3 is 2.74 bits per heavy atom. The van der Waals surface area contributed by atoms with Gasteiger partial charge < -0.3 is 4.98 Å². The van der Waals surface area contributed by atoms with Crippen LogP contribution >= 0.6 is 15.9 Å². The lowest BCUT2D eigenvalue weighted by Gasteiger charge is -2.28. The van der Waals surface area contributed by atoms with Crippen molar-refractivity contribution in [1.29, 1.82) is 0 Å². The summed E-state index contributed by atoms with van der Waals surface area (Å²) in [6.07, 6.45) is 8.56. The zero-order chi connectivity index (χ0) is 13.4. The number of hydrogen-bond acceptors (Lipinski definition) is 2. The van der Waals surface area contributed by atoms with Crippen molar-refractivity contribution >= 4 is 15.9 Å². The lowest BCUT2D eigenvalue weighted by atomic mass is 9.80. The molecule has 1 aromatic heterocycles. The van der Waals surface area contributed by atoms with E-state index in [1.54, 1.807) is 0 Å². The van der Waals surface area contributed by atoms with Gasteiger partial charge in [-0.3, -0.25) is 4.79 Å². The first kappa shape index (κ1) is 13.3. The zero-order valence-corrected chi connectivity index (χ0v) is 13.0. The molecule has 0 saturated heterocycles. The number of nitrogens with zero attached hydrogens (tertiary/aromatic N) is 1. The van der Waals surface area contributed by atoms with E-state index < -0.39 is 0 Å². The fraction of sp³-hybridized carbons (Fsp3) is 0.733. The van der Waals surface area contributed by atoms with Gasteiger partial charge in [-0.25, -0.2) is 4.98 Å². The minimum Gasteiger partial charge on any atom is -0.309 e. The molecule has 0 aliphatic heterocycles. The largest absolute Gasteiger partial charge is 0.309 e. The molecule has 3 nitrogen and oxygen atoms in total. The average molecular weight is 325 g/mol. The van der Waals surface area contributed by atoms with Crippen LogP contribution in [0.1, 0.15) is 75.2 Å². The molecule has 1 heterocycles. The summed E-state index contributed by atoms with van der Waals surface area (Å²) < 4.78 is 0.654. The average Bonchev–Trinajstić information content (AvgIpc) is 3.26. The van der Waals surface area contributed by atoms with Gasteiger partial charge in [-0.2, -0.15) is 0 Å². The molecule has 0 spiro atoms. The molecule has 2 atom stereocenters. The van der Waals surface area contributed by atoms with Crippen LogP contribution in [-0.2, 0) is 0 Å². The van der Waals surface area contributed by atoms with E-state index in [1.807, 2.05) is 0 Å². The van der Waals surface area contributed by atoms with E-state index in [-0.39, 0.29) is 5.56 Å². The first-order chi connectivity index (χ1) is 9.19. The molecule has 0 amide bonds. The zero-order valence-electron chi connectivity index (χ0n) is 11.4. The molecule has 2 unspecified atom stereocenters. The van der Waals surface area contributed by atoms with Crippen molar-refractivity contribution in [3.8, 4) is 0 Å². The highest BCUT2D eigenvalue weighted by Crippen LogP contribution is 2.42. The van der Waals surface area contributed by atoms with Gasteiger partial charge in [0.25, 0.3) is 5.56 Å². The maximum Gasteiger partial charge on any atom is 0.265 e. The van der Waals surface area contributed by atoms with Crippen LogP contribution in [0.15, 0.2) is 9.27 Å². The predicted octanol–water partition coefficient (Wildman–Crippen LogP) is 4.09. The number of hydrogen-bond donors (Lipinski definition) is 1. The summed E-state index contributed by atoms with van der Waals surface area (Å²) in [7, 11) is 0. The maximum absolute atomic E-state index is 12.0. The van der Waals surface area contributed by atoms with Gasteiger partial charge in [-0.1, -0.05) is 26.2 Å². The van der Waals surface area contributed by atoms with Crippen LogP contribution in [0.4, 0.5) is 0 Å². The maximum atomic E-state index is 12.0. The van der Waals surface area contributed by atoms with Crippen LogP contribution in [0.25, 0.3) is 0 Å². The van der Waals surface area contributed by atoms with Crippen LogP contribution in [0.2, 0.25) is 0 Å². The van der Waals surface area contributed by atoms with Gasteiger partial charge in [0.05, 0.1) is 5.69 Å². The standard InChI is InChI=1S/C15H21BrN2O/c1-2-9-4-3-5-11(8-9)14-17-13(10-6-7-10)12(16)15(19)18-14/h9-11H,2-8H2,1H3,(H,17,18,19). The molecular weight excluding hydrogens is 304 g/mol. The Labute approximate surface area is 122 Å². The van der Waals surface area contributed by atoms with Crippen molar-refractivity contribution in [2.45, 2.75) is 63.7 Å². The lowest BCUT2D eigenvalue weighted by Crippen LogP contribution is -2.21. The minimum atomic E-state index is 0.00511. The summed E-state index contributed by atoms with van der Waals surface area (Å²) in [6.45, 7) is 2.26. The minimum absolute atomic E-state index is 0.00511. The summed E-state index contributed by atoms with van der Waals surface area (Å²) in [5, 5.41) is 0. The number of halogens is 1. The Kier molecular flexibility index (Phi) is 3.79. The van der Waals surface area contributed by atoms with Crippen LogP contribution in [0, 0.1) is 5.92 Å². The number of H-pyrrole nitrogens is 1. The lowest BCUT2D eigenvalue weighted by molar-refractivity contribution is 0.306. The Morgan fingerprint density at radius 1 is 1.26 bits per heavy atom. The highest BCUT2D eigenvalue weighted by molar-refractivity contribution is 9.10. The van der Waals surface area contributed by atoms with E-state index in [9.17, 15) is 4.79 Å². The third-order valence-corrected chi connectivity index (χ3v) is 5.38. The molecular formula is C15H21BrN2O. The van der Waals surface area contributed by atoms with Gasteiger partial charge in [0, 0.05) is 11.8 Å². The van der Waals surface area contributed by atoms with Gasteiger partial charge in [0.15, 0.2) is 0 Å². The number of rotatable bonds is 3. The molecule has 19 heavy (non-hydrogen) atoms.